The molecular weight excluding hydrogens is 336 g/mol. The van der Waals surface area contributed by atoms with Crippen LogP contribution in [0.1, 0.15) is 39.3 Å². The van der Waals surface area contributed by atoms with Crippen molar-refractivity contribution in [1.82, 2.24) is 0 Å². The maximum Gasteiger partial charge on any atom is 0.190 e. The van der Waals surface area contributed by atoms with Gasteiger partial charge >= 0.3 is 0 Å². The van der Waals surface area contributed by atoms with Gasteiger partial charge < -0.3 is 25.5 Å². The van der Waals surface area contributed by atoms with Crippen LogP contribution in [0.2, 0.25) is 0 Å². The van der Waals surface area contributed by atoms with Gasteiger partial charge in [0.05, 0.1) is 5.56 Å². The molecule has 3 aromatic carbocycles. The number of carbonyl (C=O) groups excluding carboxylic acids is 1. The summed E-state index contributed by atoms with van der Waals surface area (Å²) < 4.78 is 0. The number of carbonyl (C=O) groups is 1. The zero-order chi connectivity index (χ0) is 18.3. The van der Waals surface area contributed by atoms with Crippen LogP contribution in [0.15, 0.2) is 30.3 Å². The molecule has 130 valence electrons. The number of aliphatic hydroxyl groups is 3. The van der Waals surface area contributed by atoms with Gasteiger partial charge in [0.25, 0.3) is 0 Å². The number of rotatable bonds is 0. The molecule has 2 aliphatic rings. The highest BCUT2D eigenvalue weighted by molar-refractivity contribution is 6.27. The monoisotopic (exact) mass is 350 g/mol. The van der Waals surface area contributed by atoms with E-state index < -0.39 is 18.3 Å². The molecule has 0 amide bonds. The standard InChI is InChI=1S/C20H14O6/c21-10-4-1-7-8-2-5-12(23)17-14(8)15(18(24)20(26)19(17)25)9-3-6-11(22)16(10)13(7)9/h1-6,18-21,23-26H. The van der Waals surface area contributed by atoms with E-state index in [-0.39, 0.29) is 28.4 Å². The van der Waals surface area contributed by atoms with Gasteiger partial charge in [0.2, 0.25) is 0 Å². The number of aliphatic hydroxyl groups excluding tert-OH is 3. The van der Waals surface area contributed by atoms with Gasteiger partial charge in [-0.15, -0.1) is 0 Å². The molecule has 0 spiro atoms. The van der Waals surface area contributed by atoms with E-state index in [1.54, 1.807) is 12.1 Å². The molecule has 26 heavy (non-hydrogen) atoms. The van der Waals surface area contributed by atoms with Crippen molar-refractivity contribution in [3.05, 3.63) is 52.6 Å². The second-order valence-electron chi connectivity index (χ2n) is 6.71. The van der Waals surface area contributed by atoms with Gasteiger partial charge in [0.15, 0.2) is 5.78 Å². The van der Waals surface area contributed by atoms with E-state index in [0.29, 0.717) is 32.7 Å². The van der Waals surface area contributed by atoms with Gasteiger partial charge in [-0.1, -0.05) is 18.2 Å². The molecule has 0 saturated heterocycles. The molecular formula is C20H14O6. The largest absolute Gasteiger partial charge is 0.508 e. The molecule has 0 saturated carbocycles. The topological polar surface area (TPSA) is 118 Å². The van der Waals surface area contributed by atoms with Crippen molar-refractivity contribution in [2.45, 2.75) is 18.3 Å². The van der Waals surface area contributed by atoms with Crippen molar-refractivity contribution in [2.24, 2.45) is 0 Å². The summed E-state index contributed by atoms with van der Waals surface area (Å²) in [6.45, 7) is 0. The lowest BCUT2D eigenvalue weighted by atomic mass is 9.76. The van der Waals surface area contributed by atoms with Crippen LogP contribution in [0.5, 0.6) is 11.5 Å². The number of hydrogen-bond acceptors (Lipinski definition) is 6. The highest BCUT2D eigenvalue weighted by atomic mass is 16.4. The Morgan fingerprint density at radius 2 is 1.35 bits per heavy atom. The highest BCUT2D eigenvalue weighted by Crippen LogP contribution is 2.51. The van der Waals surface area contributed by atoms with Crippen LogP contribution in [0.3, 0.4) is 0 Å². The van der Waals surface area contributed by atoms with E-state index in [2.05, 4.69) is 0 Å². The van der Waals surface area contributed by atoms with Crippen LogP contribution in [-0.2, 0) is 0 Å². The normalized spacial score (nSPS) is 23.8. The molecule has 0 aliphatic heterocycles. The minimum atomic E-state index is -1.53. The van der Waals surface area contributed by atoms with Gasteiger partial charge in [-0.25, -0.2) is 0 Å². The maximum absolute atomic E-state index is 12.3. The molecule has 0 bridgehead atoms. The van der Waals surface area contributed by atoms with E-state index in [4.69, 9.17) is 0 Å². The highest BCUT2D eigenvalue weighted by Gasteiger charge is 2.39. The van der Waals surface area contributed by atoms with Crippen LogP contribution in [0.25, 0.3) is 27.6 Å². The second kappa shape index (κ2) is 4.82. The first-order chi connectivity index (χ1) is 12.4. The van der Waals surface area contributed by atoms with Crippen molar-refractivity contribution in [1.29, 1.82) is 0 Å². The quantitative estimate of drug-likeness (QED) is 0.396. The minimum Gasteiger partial charge on any atom is -0.508 e. The predicted molar refractivity (Wildman–Crippen MR) is 94.1 cm³/mol. The number of phenolic OH excluding ortho intramolecular Hbond substituents is 2. The van der Waals surface area contributed by atoms with Crippen LogP contribution >= 0.6 is 0 Å². The summed E-state index contributed by atoms with van der Waals surface area (Å²) in [6, 6.07) is 6.13. The lowest BCUT2D eigenvalue weighted by Crippen LogP contribution is -2.31. The average molecular weight is 350 g/mol. The molecule has 0 aromatic heterocycles. The first-order valence-electron chi connectivity index (χ1n) is 8.15. The number of aromatic hydroxyl groups is 2. The Bertz CT molecular complexity index is 1180. The third-order valence-electron chi connectivity index (χ3n) is 5.41. The molecule has 3 unspecified atom stereocenters. The zero-order valence-electron chi connectivity index (χ0n) is 13.3. The van der Waals surface area contributed by atoms with E-state index in [1.165, 1.54) is 24.3 Å². The van der Waals surface area contributed by atoms with Crippen LogP contribution in [-0.4, -0.2) is 37.4 Å². The summed E-state index contributed by atoms with van der Waals surface area (Å²) in [5.41, 5.74) is 1.10. The molecule has 0 fully saturated rings. The van der Waals surface area contributed by atoms with Crippen molar-refractivity contribution in [2.75, 3.05) is 0 Å². The number of ketones is 1. The molecule has 0 heterocycles. The van der Waals surface area contributed by atoms with Gasteiger partial charge in [0.1, 0.15) is 29.8 Å². The summed E-state index contributed by atoms with van der Waals surface area (Å²) in [5.74, 6) is -0.694. The summed E-state index contributed by atoms with van der Waals surface area (Å²) in [5, 5.41) is 54.0. The molecule has 5 rings (SSSR count). The fourth-order valence-electron chi connectivity index (χ4n) is 4.27. The number of phenols is 2. The van der Waals surface area contributed by atoms with Crippen LogP contribution in [0.4, 0.5) is 0 Å². The summed E-state index contributed by atoms with van der Waals surface area (Å²) in [4.78, 5) is 12.3. The summed E-state index contributed by atoms with van der Waals surface area (Å²) >= 11 is 0. The van der Waals surface area contributed by atoms with Gasteiger partial charge in [-0.3, -0.25) is 4.79 Å². The Balaban J connectivity index is 2.13. The van der Waals surface area contributed by atoms with Crippen molar-refractivity contribution >= 4 is 33.4 Å². The number of fused-ring (bicyclic) bond motifs is 2. The Labute approximate surface area is 146 Å². The molecule has 5 N–H and O–H groups in total. The van der Waals surface area contributed by atoms with E-state index in [9.17, 15) is 30.3 Å². The molecule has 6 heteroatoms. The molecule has 2 aliphatic carbocycles. The van der Waals surface area contributed by atoms with Gasteiger partial charge in [-0.05, 0) is 45.5 Å². The fourth-order valence-corrected chi connectivity index (χ4v) is 4.27. The lowest BCUT2D eigenvalue weighted by molar-refractivity contribution is -0.0656. The smallest absolute Gasteiger partial charge is 0.190 e. The van der Waals surface area contributed by atoms with Crippen molar-refractivity contribution < 1.29 is 30.3 Å². The fraction of sp³-hybridized carbons (Fsp3) is 0.150. The zero-order valence-corrected chi connectivity index (χ0v) is 13.3. The van der Waals surface area contributed by atoms with Crippen LogP contribution in [0, 0.1) is 0 Å². The summed E-state index contributed by atoms with van der Waals surface area (Å²) in [6.07, 6.45) is -1.55. The summed E-state index contributed by atoms with van der Waals surface area (Å²) in [7, 11) is 0. The Morgan fingerprint density at radius 3 is 2.08 bits per heavy atom. The Hall–Kier alpha value is -2.93. The number of hydrogen-bond donors (Lipinski definition) is 5. The van der Waals surface area contributed by atoms with Crippen molar-refractivity contribution in [3.8, 4) is 11.5 Å². The first kappa shape index (κ1) is 15.3. The van der Waals surface area contributed by atoms with Gasteiger partial charge in [-0.2, -0.15) is 0 Å². The SMILES string of the molecule is O=C1C=Cc2c3c4c(c(O)ccc4c4ccc(O)c1c24)C(O)C(O)C3O. The molecule has 0 radical (unpaired) electrons. The number of benzene rings is 3. The van der Waals surface area contributed by atoms with E-state index in [1.807, 2.05) is 0 Å². The Kier molecular flexibility index (Phi) is 2.84. The second-order valence-corrected chi connectivity index (χ2v) is 6.71. The molecule has 3 aromatic rings. The molecule has 6 nitrogen and oxygen atoms in total. The first-order valence-corrected chi connectivity index (χ1v) is 8.15. The van der Waals surface area contributed by atoms with Crippen molar-refractivity contribution in [3.63, 3.8) is 0 Å². The third-order valence-corrected chi connectivity index (χ3v) is 5.41. The minimum absolute atomic E-state index is 0.139. The maximum atomic E-state index is 12.3. The third kappa shape index (κ3) is 1.63. The average Bonchev–Trinajstić information content (AvgIpc) is 2.62. The Morgan fingerprint density at radius 1 is 0.731 bits per heavy atom. The van der Waals surface area contributed by atoms with Gasteiger partial charge in [0, 0.05) is 10.9 Å². The van der Waals surface area contributed by atoms with E-state index in [0.717, 1.165) is 0 Å². The molecule has 3 atom stereocenters. The van der Waals surface area contributed by atoms with Crippen LogP contribution < -0.4 is 0 Å². The number of allylic oxidation sites excluding steroid dienone is 1. The lowest BCUT2D eigenvalue weighted by Gasteiger charge is -2.34. The predicted octanol–water partition coefficient (Wildman–Crippen LogP) is 2.06. The van der Waals surface area contributed by atoms with E-state index >= 15 is 0 Å².